The molecule has 4 rings (SSSR count). The summed E-state index contributed by atoms with van der Waals surface area (Å²) in [4.78, 5) is 0. The van der Waals surface area contributed by atoms with Crippen molar-refractivity contribution in [1.82, 2.24) is 4.40 Å². The molecule has 0 fully saturated rings. The number of rotatable bonds is 8. The Labute approximate surface area is 180 Å². The standard InChI is InChI=1S/C25H21N3O3/c1-2-29-19-9-7-18(8-10-19)11-13-31-24-15-20(30-14-12-26)17-28-23-6-4-3-5-21(23)22(16-27)25(24)28/h3-10,15,17H,2,11,13-14H2,1H3. The first kappa shape index (κ1) is 20.1. The van der Waals surface area contributed by atoms with Crippen LogP contribution >= 0.6 is 0 Å². The second-order valence-electron chi connectivity index (χ2n) is 6.88. The lowest BCUT2D eigenvalue weighted by atomic mass is 10.1. The third-order valence-corrected chi connectivity index (χ3v) is 4.97. The minimum Gasteiger partial charge on any atom is -0.494 e. The second kappa shape index (κ2) is 9.11. The van der Waals surface area contributed by atoms with Crippen LogP contribution in [0.5, 0.6) is 17.2 Å². The molecule has 0 amide bonds. The fraction of sp³-hybridized carbons (Fsp3) is 0.200. The predicted molar refractivity (Wildman–Crippen MR) is 118 cm³/mol. The van der Waals surface area contributed by atoms with Gasteiger partial charge in [0.25, 0.3) is 0 Å². The molecule has 0 atom stereocenters. The fourth-order valence-electron chi connectivity index (χ4n) is 3.62. The Kier molecular flexibility index (Phi) is 5.91. The van der Waals surface area contributed by atoms with Crippen molar-refractivity contribution in [1.29, 1.82) is 10.5 Å². The maximum Gasteiger partial charge on any atom is 0.174 e. The molecule has 4 aromatic rings. The van der Waals surface area contributed by atoms with Crippen molar-refractivity contribution in [3.05, 3.63) is 71.9 Å². The molecule has 154 valence electrons. The Morgan fingerprint density at radius 2 is 1.74 bits per heavy atom. The molecule has 0 radical (unpaired) electrons. The average molecular weight is 411 g/mol. The molecule has 0 saturated carbocycles. The molecule has 0 aliphatic carbocycles. The van der Waals surface area contributed by atoms with Crippen LogP contribution in [0, 0.1) is 22.7 Å². The summed E-state index contributed by atoms with van der Waals surface area (Å²) in [5, 5.41) is 19.6. The third kappa shape index (κ3) is 4.10. The zero-order valence-electron chi connectivity index (χ0n) is 17.2. The van der Waals surface area contributed by atoms with Gasteiger partial charge in [-0.3, -0.25) is 0 Å². The fourth-order valence-corrected chi connectivity index (χ4v) is 3.62. The number of hydrogen-bond acceptors (Lipinski definition) is 5. The van der Waals surface area contributed by atoms with Crippen LogP contribution in [0.25, 0.3) is 16.4 Å². The smallest absolute Gasteiger partial charge is 0.174 e. The number of ether oxygens (including phenoxy) is 3. The molecule has 6 nitrogen and oxygen atoms in total. The summed E-state index contributed by atoms with van der Waals surface area (Å²) in [6, 6.07) is 21.6. The number of hydrogen-bond donors (Lipinski definition) is 0. The van der Waals surface area contributed by atoms with Gasteiger partial charge in [-0.15, -0.1) is 0 Å². The topological polar surface area (TPSA) is 79.7 Å². The molecular weight excluding hydrogens is 390 g/mol. The quantitative estimate of drug-likeness (QED) is 0.413. The molecule has 0 bridgehead atoms. The van der Waals surface area contributed by atoms with Gasteiger partial charge in [0.2, 0.25) is 0 Å². The first-order valence-electron chi connectivity index (χ1n) is 10.1. The van der Waals surface area contributed by atoms with Crippen LogP contribution in [0.2, 0.25) is 0 Å². The molecule has 2 aromatic heterocycles. The summed E-state index contributed by atoms with van der Waals surface area (Å²) < 4.78 is 19.0. The van der Waals surface area contributed by atoms with E-state index in [0.29, 0.717) is 42.2 Å². The van der Waals surface area contributed by atoms with Gasteiger partial charge in [0.1, 0.15) is 34.9 Å². The minimum atomic E-state index is -0.0680. The first-order chi connectivity index (χ1) is 15.2. The predicted octanol–water partition coefficient (Wildman–Crippen LogP) is 4.89. The van der Waals surface area contributed by atoms with Crippen LogP contribution in [-0.2, 0) is 6.42 Å². The summed E-state index contributed by atoms with van der Waals surface area (Å²) in [5.41, 5.74) is 3.25. The first-order valence-corrected chi connectivity index (χ1v) is 10.1. The van der Waals surface area contributed by atoms with Gasteiger partial charge in [-0.2, -0.15) is 10.5 Å². The summed E-state index contributed by atoms with van der Waals surface area (Å²) in [5.74, 6) is 1.90. The van der Waals surface area contributed by atoms with Gasteiger partial charge in [0, 0.05) is 17.9 Å². The SMILES string of the molecule is CCOc1ccc(CCOc2cc(OCC#N)cn3c2c(C#N)c2ccccc23)cc1. The Morgan fingerprint density at radius 1 is 0.935 bits per heavy atom. The van der Waals surface area contributed by atoms with E-state index in [9.17, 15) is 5.26 Å². The van der Waals surface area contributed by atoms with Crippen LogP contribution in [0.4, 0.5) is 0 Å². The number of nitriles is 2. The van der Waals surface area contributed by atoms with Crippen molar-refractivity contribution in [3.8, 4) is 29.4 Å². The van der Waals surface area contributed by atoms with Gasteiger partial charge in [-0.1, -0.05) is 30.3 Å². The van der Waals surface area contributed by atoms with Gasteiger partial charge in [0.05, 0.1) is 30.5 Å². The lowest BCUT2D eigenvalue weighted by Gasteiger charge is -2.12. The monoisotopic (exact) mass is 411 g/mol. The largest absolute Gasteiger partial charge is 0.494 e. The molecule has 2 heterocycles. The average Bonchev–Trinajstić information content (AvgIpc) is 3.13. The van der Waals surface area contributed by atoms with Crippen molar-refractivity contribution in [2.75, 3.05) is 19.8 Å². The molecule has 0 N–H and O–H groups in total. The van der Waals surface area contributed by atoms with Crippen LogP contribution in [0.3, 0.4) is 0 Å². The Morgan fingerprint density at radius 3 is 2.48 bits per heavy atom. The highest BCUT2D eigenvalue weighted by molar-refractivity contribution is 5.97. The normalized spacial score (nSPS) is 10.5. The van der Waals surface area contributed by atoms with Crippen LogP contribution in [-0.4, -0.2) is 24.2 Å². The van der Waals surface area contributed by atoms with Gasteiger partial charge in [-0.25, -0.2) is 0 Å². The zero-order chi connectivity index (χ0) is 21.6. The van der Waals surface area contributed by atoms with Gasteiger partial charge < -0.3 is 18.6 Å². The molecule has 6 heteroatoms. The Hall–Kier alpha value is -4.16. The Balaban J connectivity index is 1.66. The van der Waals surface area contributed by atoms with E-state index in [1.54, 1.807) is 12.3 Å². The second-order valence-corrected chi connectivity index (χ2v) is 6.88. The van der Waals surface area contributed by atoms with Gasteiger partial charge in [-0.05, 0) is 30.7 Å². The van der Waals surface area contributed by atoms with Gasteiger partial charge in [0.15, 0.2) is 6.61 Å². The highest BCUT2D eigenvalue weighted by Gasteiger charge is 2.17. The number of fused-ring (bicyclic) bond motifs is 3. The molecule has 0 aliphatic rings. The zero-order valence-corrected chi connectivity index (χ0v) is 17.2. The molecule has 0 spiro atoms. The summed E-state index contributed by atoms with van der Waals surface area (Å²) in [6.07, 6.45) is 2.49. The molecule has 0 unspecified atom stereocenters. The lowest BCUT2D eigenvalue weighted by molar-refractivity contribution is 0.318. The highest BCUT2D eigenvalue weighted by Crippen LogP contribution is 2.35. The molecule has 0 aliphatic heterocycles. The number of pyridine rings is 1. The van der Waals surface area contributed by atoms with E-state index in [-0.39, 0.29) is 6.61 Å². The molecule has 0 saturated heterocycles. The van der Waals surface area contributed by atoms with E-state index < -0.39 is 0 Å². The maximum absolute atomic E-state index is 9.83. The van der Waals surface area contributed by atoms with Crippen molar-refractivity contribution in [2.24, 2.45) is 0 Å². The summed E-state index contributed by atoms with van der Waals surface area (Å²) in [7, 11) is 0. The highest BCUT2D eigenvalue weighted by atomic mass is 16.5. The van der Waals surface area contributed by atoms with Crippen molar-refractivity contribution >= 4 is 16.4 Å². The van der Waals surface area contributed by atoms with Crippen molar-refractivity contribution in [3.63, 3.8) is 0 Å². The van der Waals surface area contributed by atoms with Crippen LogP contribution < -0.4 is 14.2 Å². The van der Waals surface area contributed by atoms with Crippen molar-refractivity contribution in [2.45, 2.75) is 13.3 Å². The number of benzene rings is 2. The summed E-state index contributed by atoms with van der Waals surface area (Å²) in [6.45, 7) is 2.95. The van der Waals surface area contributed by atoms with E-state index in [4.69, 9.17) is 19.5 Å². The van der Waals surface area contributed by atoms with E-state index in [1.165, 1.54) is 0 Å². The van der Waals surface area contributed by atoms with E-state index in [2.05, 4.69) is 6.07 Å². The third-order valence-electron chi connectivity index (χ3n) is 4.97. The van der Waals surface area contributed by atoms with E-state index >= 15 is 0 Å². The molecular formula is C25H21N3O3. The minimum absolute atomic E-state index is 0.0680. The van der Waals surface area contributed by atoms with Crippen molar-refractivity contribution < 1.29 is 14.2 Å². The number of aromatic nitrogens is 1. The van der Waals surface area contributed by atoms with E-state index in [1.807, 2.05) is 65.9 Å². The molecule has 31 heavy (non-hydrogen) atoms. The van der Waals surface area contributed by atoms with Crippen LogP contribution in [0.1, 0.15) is 18.1 Å². The number of nitrogens with zero attached hydrogens (tertiary/aromatic N) is 3. The lowest BCUT2D eigenvalue weighted by Crippen LogP contribution is -2.04. The number of para-hydroxylation sites is 1. The maximum atomic E-state index is 9.83. The Bertz CT molecular complexity index is 1290. The molecule has 2 aromatic carbocycles. The summed E-state index contributed by atoms with van der Waals surface area (Å²) >= 11 is 0. The van der Waals surface area contributed by atoms with Crippen LogP contribution in [0.15, 0.2) is 60.8 Å². The van der Waals surface area contributed by atoms with Gasteiger partial charge >= 0.3 is 0 Å². The van der Waals surface area contributed by atoms with E-state index in [0.717, 1.165) is 22.2 Å².